The van der Waals surface area contributed by atoms with Crippen LogP contribution in [-0.2, 0) is 12.8 Å². The van der Waals surface area contributed by atoms with Crippen LogP contribution in [0, 0.1) is 11.3 Å². The zero-order valence-electron chi connectivity index (χ0n) is 12.9. The molecule has 1 amide bonds. The van der Waals surface area contributed by atoms with E-state index in [0.29, 0.717) is 16.1 Å². The first-order chi connectivity index (χ1) is 11.8. The Morgan fingerprint density at radius 2 is 2.00 bits per heavy atom. The van der Waals surface area contributed by atoms with Gasteiger partial charge in [0.05, 0.1) is 22.8 Å². The van der Waals surface area contributed by atoms with E-state index in [2.05, 4.69) is 21.4 Å². The van der Waals surface area contributed by atoms with Crippen molar-refractivity contribution in [1.82, 2.24) is 9.97 Å². The third-order valence-electron chi connectivity index (χ3n) is 4.19. The van der Waals surface area contributed by atoms with Gasteiger partial charge in [-0.25, -0.2) is 4.98 Å². The predicted octanol–water partition coefficient (Wildman–Crippen LogP) is 3.69. The highest BCUT2D eigenvalue weighted by molar-refractivity contribution is 7.16. The van der Waals surface area contributed by atoms with Gasteiger partial charge in [-0.3, -0.25) is 9.78 Å². The van der Waals surface area contributed by atoms with Gasteiger partial charge in [0.1, 0.15) is 16.8 Å². The van der Waals surface area contributed by atoms with Crippen molar-refractivity contribution in [3.8, 4) is 6.07 Å². The number of fused-ring (bicyclic) bond motifs is 2. The summed E-state index contributed by atoms with van der Waals surface area (Å²) in [5, 5.41) is 12.9. The second-order valence-corrected chi connectivity index (χ2v) is 6.83. The van der Waals surface area contributed by atoms with Crippen molar-refractivity contribution in [2.45, 2.75) is 25.7 Å². The number of aromatic nitrogens is 2. The minimum absolute atomic E-state index is 0.254. The number of thiophene rings is 1. The van der Waals surface area contributed by atoms with Gasteiger partial charge in [0.15, 0.2) is 0 Å². The number of nitrogens with zero attached hydrogens (tertiary/aromatic N) is 3. The van der Waals surface area contributed by atoms with Gasteiger partial charge in [-0.05, 0) is 43.4 Å². The lowest BCUT2D eigenvalue weighted by atomic mass is 9.96. The summed E-state index contributed by atoms with van der Waals surface area (Å²) in [4.78, 5) is 22.4. The number of aryl methyl sites for hydroxylation is 1. The Balaban J connectivity index is 1.66. The van der Waals surface area contributed by atoms with Gasteiger partial charge in [0.25, 0.3) is 5.91 Å². The van der Waals surface area contributed by atoms with E-state index < -0.39 is 0 Å². The Hall–Kier alpha value is -2.78. The smallest absolute Gasteiger partial charge is 0.276 e. The molecule has 4 rings (SSSR count). The number of anilines is 1. The van der Waals surface area contributed by atoms with Gasteiger partial charge < -0.3 is 5.32 Å². The predicted molar refractivity (Wildman–Crippen MR) is 93.2 cm³/mol. The topological polar surface area (TPSA) is 78.7 Å². The molecule has 1 aliphatic carbocycles. The molecule has 0 spiro atoms. The lowest BCUT2D eigenvalue weighted by Gasteiger charge is -2.09. The van der Waals surface area contributed by atoms with Crippen LogP contribution in [0.25, 0.3) is 11.0 Å². The van der Waals surface area contributed by atoms with Gasteiger partial charge in [0.2, 0.25) is 0 Å². The fourth-order valence-electron chi connectivity index (χ4n) is 3.01. The fourth-order valence-corrected chi connectivity index (χ4v) is 4.24. The Labute approximate surface area is 143 Å². The molecular weight excluding hydrogens is 320 g/mol. The summed E-state index contributed by atoms with van der Waals surface area (Å²) >= 11 is 1.51. The maximum absolute atomic E-state index is 12.5. The van der Waals surface area contributed by atoms with Crippen LogP contribution < -0.4 is 5.32 Å². The van der Waals surface area contributed by atoms with Gasteiger partial charge in [-0.1, -0.05) is 12.1 Å². The number of benzene rings is 1. The largest absolute Gasteiger partial charge is 0.311 e. The molecule has 2 aromatic heterocycles. The SMILES string of the molecule is N#Cc1c(NC(=O)c2cnc3ccccc3n2)sc2c1CCCC2. The van der Waals surface area contributed by atoms with E-state index in [0.717, 1.165) is 36.8 Å². The molecule has 5 nitrogen and oxygen atoms in total. The molecule has 6 heteroatoms. The molecule has 0 aliphatic heterocycles. The highest BCUT2D eigenvalue weighted by Gasteiger charge is 2.22. The molecule has 0 unspecified atom stereocenters. The molecule has 0 atom stereocenters. The summed E-state index contributed by atoms with van der Waals surface area (Å²) in [6, 6.07) is 9.67. The maximum atomic E-state index is 12.5. The van der Waals surface area contributed by atoms with E-state index >= 15 is 0 Å². The number of carbonyl (C=O) groups is 1. The Kier molecular flexibility index (Phi) is 3.71. The van der Waals surface area contributed by atoms with Gasteiger partial charge >= 0.3 is 0 Å². The minimum atomic E-state index is -0.330. The zero-order chi connectivity index (χ0) is 16.5. The average Bonchev–Trinajstić information content (AvgIpc) is 2.98. The van der Waals surface area contributed by atoms with Gasteiger partial charge in [0, 0.05) is 4.88 Å². The fraction of sp³-hybridized carbons (Fsp3) is 0.222. The quantitative estimate of drug-likeness (QED) is 0.775. The third-order valence-corrected chi connectivity index (χ3v) is 5.40. The van der Waals surface area contributed by atoms with E-state index in [1.807, 2.05) is 24.3 Å². The summed E-state index contributed by atoms with van der Waals surface area (Å²) in [6.45, 7) is 0. The number of nitrogens with one attached hydrogen (secondary N) is 1. The van der Waals surface area contributed by atoms with Crippen molar-refractivity contribution in [3.05, 3.63) is 52.2 Å². The van der Waals surface area contributed by atoms with Crippen LogP contribution in [0.3, 0.4) is 0 Å². The molecular formula is C18H14N4OS. The van der Waals surface area contributed by atoms with Crippen LogP contribution in [0.5, 0.6) is 0 Å². The van der Waals surface area contributed by atoms with Crippen LogP contribution in [0.2, 0.25) is 0 Å². The molecule has 0 saturated carbocycles. The Bertz CT molecular complexity index is 986. The Morgan fingerprint density at radius 3 is 2.83 bits per heavy atom. The van der Waals surface area contributed by atoms with E-state index in [-0.39, 0.29) is 11.6 Å². The van der Waals surface area contributed by atoms with Gasteiger partial charge in [-0.2, -0.15) is 5.26 Å². The molecule has 0 fully saturated rings. The number of rotatable bonds is 2. The molecule has 0 radical (unpaired) electrons. The molecule has 2 heterocycles. The zero-order valence-corrected chi connectivity index (χ0v) is 13.7. The lowest BCUT2D eigenvalue weighted by Crippen LogP contribution is -2.14. The molecule has 0 saturated heterocycles. The summed E-state index contributed by atoms with van der Waals surface area (Å²) in [7, 11) is 0. The second kappa shape index (κ2) is 6.02. The number of nitriles is 1. The number of amides is 1. The van der Waals surface area contributed by atoms with Crippen molar-refractivity contribution in [1.29, 1.82) is 5.26 Å². The molecule has 0 bridgehead atoms. The third kappa shape index (κ3) is 2.53. The molecule has 1 N–H and O–H groups in total. The summed E-state index contributed by atoms with van der Waals surface area (Å²) in [5.41, 5.74) is 3.39. The van der Waals surface area contributed by atoms with Crippen molar-refractivity contribution in [3.63, 3.8) is 0 Å². The van der Waals surface area contributed by atoms with Crippen molar-refractivity contribution in [2.75, 3.05) is 5.32 Å². The lowest BCUT2D eigenvalue weighted by molar-refractivity contribution is 0.102. The van der Waals surface area contributed by atoms with E-state index in [1.54, 1.807) is 0 Å². The highest BCUT2D eigenvalue weighted by atomic mass is 32.1. The summed E-state index contributed by atoms with van der Waals surface area (Å²) < 4.78 is 0. The van der Waals surface area contributed by atoms with E-state index in [4.69, 9.17) is 0 Å². The van der Waals surface area contributed by atoms with Crippen molar-refractivity contribution >= 4 is 33.3 Å². The second-order valence-electron chi connectivity index (χ2n) is 5.72. The van der Waals surface area contributed by atoms with Crippen LogP contribution in [0.15, 0.2) is 30.5 Å². The van der Waals surface area contributed by atoms with Crippen LogP contribution in [0.4, 0.5) is 5.00 Å². The molecule has 1 aromatic carbocycles. The maximum Gasteiger partial charge on any atom is 0.276 e. The van der Waals surface area contributed by atoms with Crippen LogP contribution in [-0.4, -0.2) is 15.9 Å². The monoisotopic (exact) mass is 334 g/mol. The first kappa shape index (κ1) is 14.8. The van der Waals surface area contributed by atoms with Gasteiger partial charge in [-0.15, -0.1) is 11.3 Å². The Morgan fingerprint density at radius 1 is 1.21 bits per heavy atom. The average molecular weight is 334 g/mol. The number of carbonyl (C=O) groups excluding carboxylic acids is 1. The van der Waals surface area contributed by atoms with E-state index in [9.17, 15) is 10.1 Å². The first-order valence-corrected chi connectivity index (χ1v) is 8.65. The number of hydrogen-bond acceptors (Lipinski definition) is 5. The molecule has 3 aromatic rings. The van der Waals surface area contributed by atoms with E-state index in [1.165, 1.54) is 22.4 Å². The van der Waals surface area contributed by atoms with Crippen LogP contribution >= 0.6 is 11.3 Å². The highest BCUT2D eigenvalue weighted by Crippen LogP contribution is 2.37. The minimum Gasteiger partial charge on any atom is -0.311 e. The number of hydrogen-bond donors (Lipinski definition) is 1. The van der Waals surface area contributed by atoms with Crippen molar-refractivity contribution < 1.29 is 4.79 Å². The normalized spacial score (nSPS) is 13.3. The van der Waals surface area contributed by atoms with Crippen LogP contribution in [0.1, 0.15) is 39.3 Å². The first-order valence-electron chi connectivity index (χ1n) is 7.84. The molecule has 24 heavy (non-hydrogen) atoms. The standard InChI is InChI=1S/C18H14N4OS/c19-9-12-11-5-1-4-8-16(11)24-18(12)22-17(23)15-10-20-13-6-2-3-7-14(13)21-15/h2-3,6-7,10H,1,4-5,8H2,(H,22,23). The molecule has 118 valence electrons. The molecule has 1 aliphatic rings. The number of para-hydroxylation sites is 2. The summed E-state index contributed by atoms with van der Waals surface area (Å²) in [5.74, 6) is -0.330. The van der Waals surface area contributed by atoms with Crippen molar-refractivity contribution in [2.24, 2.45) is 0 Å². The summed E-state index contributed by atoms with van der Waals surface area (Å²) in [6.07, 6.45) is 5.61.